The molecule has 2 heterocycles. The Morgan fingerprint density at radius 1 is 1.62 bits per heavy atom. The van der Waals surface area contributed by atoms with Gasteiger partial charge in [0.2, 0.25) is 0 Å². The molecule has 0 spiro atoms. The Hall–Kier alpha value is -1.14. The summed E-state index contributed by atoms with van der Waals surface area (Å²) in [4.78, 5) is 11.2. The lowest BCUT2D eigenvalue weighted by atomic mass is 9.68. The Morgan fingerprint density at radius 3 is 3.00 bits per heavy atom. The lowest BCUT2D eigenvalue weighted by Crippen LogP contribution is -2.41. The van der Waals surface area contributed by atoms with Crippen LogP contribution >= 0.6 is 0 Å². The largest absolute Gasteiger partial charge is 0.367 e. The van der Waals surface area contributed by atoms with Crippen molar-refractivity contribution in [3.05, 3.63) is 11.6 Å². The fraction of sp³-hybridized carbons (Fsp3) is 0.692. The van der Waals surface area contributed by atoms with Crippen LogP contribution in [0.4, 0.5) is 0 Å². The van der Waals surface area contributed by atoms with Crippen molar-refractivity contribution in [2.24, 2.45) is 11.3 Å². The zero-order valence-corrected chi connectivity index (χ0v) is 9.62. The van der Waals surface area contributed by atoms with Crippen LogP contribution in [0, 0.1) is 22.7 Å². The zero-order chi connectivity index (χ0) is 11.6. The van der Waals surface area contributed by atoms with Gasteiger partial charge in [-0.2, -0.15) is 5.26 Å². The highest BCUT2D eigenvalue weighted by Crippen LogP contribution is 2.64. The molecule has 2 saturated heterocycles. The smallest absolute Gasteiger partial charge is 0.152 e. The highest BCUT2D eigenvalue weighted by Gasteiger charge is 2.65. The standard InChI is InChI=1S/C13H15NO2/c1-8(15)3-10-11-9-4-12(2,16-11)6-13(10,5-9)7-14/h3,9,11H,4-6H2,1-2H3/b10-3+. The van der Waals surface area contributed by atoms with Gasteiger partial charge in [-0.05, 0) is 50.7 Å². The Morgan fingerprint density at radius 2 is 2.38 bits per heavy atom. The van der Waals surface area contributed by atoms with E-state index in [1.54, 1.807) is 6.08 Å². The van der Waals surface area contributed by atoms with Crippen molar-refractivity contribution in [3.63, 3.8) is 0 Å². The predicted octanol–water partition coefficient (Wildman–Crippen LogP) is 1.98. The third-order valence-corrected chi connectivity index (χ3v) is 4.25. The van der Waals surface area contributed by atoms with Gasteiger partial charge in [-0.1, -0.05) is 0 Å². The first-order valence-electron chi connectivity index (χ1n) is 5.80. The number of carbonyl (C=O) groups is 1. The molecule has 2 aliphatic carbocycles. The molecule has 4 aliphatic rings. The van der Waals surface area contributed by atoms with E-state index in [4.69, 9.17) is 4.74 Å². The molecule has 0 amide bonds. The van der Waals surface area contributed by atoms with Crippen LogP contribution in [0.1, 0.15) is 33.1 Å². The summed E-state index contributed by atoms with van der Waals surface area (Å²) in [7, 11) is 0. The lowest BCUT2D eigenvalue weighted by molar-refractivity contribution is -0.113. The number of hydrogen-bond donors (Lipinski definition) is 0. The fourth-order valence-corrected chi connectivity index (χ4v) is 3.96. The SMILES string of the molecule is CC(=O)/C=C1\C2OC3(C)CC2CC1(C#N)C3. The van der Waals surface area contributed by atoms with E-state index in [1.165, 1.54) is 6.92 Å². The number of nitrogens with zero attached hydrogens (tertiary/aromatic N) is 1. The summed E-state index contributed by atoms with van der Waals surface area (Å²) in [6.07, 6.45) is 4.34. The molecule has 0 aromatic rings. The molecule has 2 saturated carbocycles. The number of nitriles is 1. The van der Waals surface area contributed by atoms with Crippen LogP contribution in [-0.2, 0) is 9.53 Å². The molecule has 4 fully saturated rings. The second kappa shape index (κ2) is 2.75. The minimum atomic E-state index is -0.410. The monoisotopic (exact) mass is 217 g/mol. The molecule has 0 aromatic heterocycles. The molecule has 3 heteroatoms. The molecule has 4 atom stereocenters. The summed E-state index contributed by atoms with van der Waals surface area (Å²) in [5.74, 6) is 0.471. The Balaban J connectivity index is 2.10. The third-order valence-electron chi connectivity index (χ3n) is 4.25. The van der Waals surface area contributed by atoms with Crippen LogP contribution in [0.25, 0.3) is 0 Å². The van der Waals surface area contributed by atoms with E-state index in [2.05, 4.69) is 13.0 Å². The maximum atomic E-state index is 11.2. The normalized spacial score (nSPS) is 50.9. The molecule has 0 radical (unpaired) electrons. The van der Waals surface area contributed by atoms with Gasteiger partial charge in [-0.3, -0.25) is 4.79 Å². The van der Waals surface area contributed by atoms with Gasteiger partial charge in [-0.25, -0.2) is 0 Å². The molecule has 4 rings (SSSR count). The molecule has 4 unspecified atom stereocenters. The van der Waals surface area contributed by atoms with Crippen LogP contribution in [0.2, 0.25) is 0 Å². The van der Waals surface area contributed by atoms with Crippen LogP contribution < -0.4 is 0 Å². The first-order valence-corrected chi connectivity index (χ1v) is 5.80. The number of ether oxygens (including phenoxy) is 1. The average Bonchev–Trinajstić information content (AvgIpc) is 2.54. The quantitative estimate of drug-likeness (QED) is 0.631. The van der Waals surface area contributed by atoms with Gasteiger partial charge in [0.25, 0.3) is 0 Å². The Bertz CT molecular complexity index is 447. The van der Waals surface area contributed by atoms with Crippen molar-refractivity contribution in [2.45, 2.75) is 44.8 Å². The highest BCUT2D eigenvalue weighted by atomic mass is 16.5. The Labute approximate surface area is 95.1 Å². The van der Waals surface area contributed by atoms with E-state index in [1.807, 2.05) is 0 Å². The maximum absolute atomic E-state index is 11.2. The summed E-state index contributed by atoms with van der Waals surface area (Å²) in [6.45, 7) is 3.63. The predicted molar refractivity (Wildman–Crippen MR) is 57.4 cm³/mol. The molecule has 0 N–H and O–H groups in total. The van der Waals surface area contributed by atoms with Crippen molar-refractivity contribution in [1.82, 2.24) is 0 Å². The Kier molecular flexibility index (Phi) is 1.73. The van der Waals surface area contributed by atoms with Gasteiger partial charge in [-0.15, -0.1) is 0 Å². The highest BCUT2D eigenvalue weighted by molar-refractivity contribution is 5.88. The average molecular weight is 217 g/mol. The molecule has 16 heavy (non-hydrogen) atoms. The van der Waals surface area contributed by atoms with Crippen LogP contribution in [0.15, 0.2) is 11.6 Å². The topological polar surface area (TPSA) is 50.1 Å². The second-order valence-corrected chi connectivity index (χ2v) is 5.74. The fourth-order valence-electron chi connectivity index (χ4n) is 3.96. The van der Waals surface area contributed by atoms with Gasteiger partial charge >= 0.3 is 0 Å². The van der Waals surface area contributed by atoms with E-state index in [0.29, 0.717) is 5.92 Å². The van der Waals surface area contributed by atoms with Crippen LogP contribution in [0.5, 0.6) is 0 Å². The molecule has 0 aromatic carbocycles. The number of carbonyl (C=O) groups excluding carboxylic acids is 1. The van der Waals surface area contributed by atoms with Gasteiger partial charge in [0.1, 0.15) is 0 Å². The van der Waals surface area contributed by atoms with Crippen molar-refractivity contribution in [3.8, 4) is 6.07 Å². The third kappa shape index (κ3) is 1.08. The van der Waals surface area contributed by atoms with Gasteiger partial charge < -0.3 is 4.74 Å². The van der Waals surface area contributed by atoms with Crippen LogP contribution in [-0.4, -0.2) is 17.5 Å². The van der Waals surface area contributed by atoms with E-state index in [-0.39, 0.29) is 17.5 Å². The zero-order valence-electron chi connectivity index (χ0n) is 9.62. The molecular weight excluding hydrogens is 202 g/mol. The number of hydrogen-bond acceptors (Lipinski definition) is 3. The summed E-state index contributed by atoms with van der Waals surface area (Å²) in [5, 5.41) is 9.45. The maximum Gasteiger partial charge on any atom is 0.152 e. The van der Waals surface area contributed by atoms with Gasteiger partial charge in [0.05, 0.1) is 23.2 Å². The number of rotatable bonds is 1. The summed E-state index contributed by atoms with van der Waals surface area (Å²) >= 11 is 0. The van der Waals surface area contributed by atoms with Crippen molar-refractivity contribution < 1.29 is 9.53 Å². The van der Waals surface area contributed by atoms with E-state index in [9.17, 15) is 10.1 Å². The van der Waals surface area contributed by atoms with Crippen molar-refractivity contribution in [1.29, 1.82) is 5.26 Å². The summed E-state index contributed by atoms with van der Waals surface area (Å²) < 4.78 is 6.01. The van der Waals surface area contributed by atoms with Gasteiger partial charge in [0.15, 0.2) is 5.78 Å². The van der Waals surface area contributed by atoms with Crippen molar-refractivity contribution in [2.75, 3.05) is 0 Å². The molecule has 2 aliphatic heterocycles. The van der Waals surface area contributed by atoms with Crippen LogP contribution in [0.3, 0.4) is 0 Å². The van der Waals surface area contributed by atoms with E-state index < -0.39 is 5.41 Å². The number of ketones is 1. The van der Waals surface area contributed by atoms with Gasteiger partial charge in [0, 0.05) is 0 Å². The minimum Gasteiger partial charge on any atom is -0.367 e. The second-order valence-electron chi connectivity index (χ2n) is 5.74. The molecule has 4 bridgehead atoms. The van der Waals surface area contributed by atoms with E-state index >= 15 is 0 Å². The first-order chi connectivity index (χ1) is 7.48. The molecule has 84 valence electrons. The minimum absolute atomic E-state index is 0.0226. The molecule has 3 nitrogen and oxygen atoms in total. The summed E-state index contributed by atoms with van der Waals surface area (Å²) in [6, 6.07) is 2.45. The van der Waals surface area contributed by atoms with Crippen molar-refractivity contribution >= 4 is 5.78 Å². The molecular formula is C13H15NO2. The first kappa shape index (κ1) is 10.0. The summed E-state index contributed by atoms with van der Waals surface area (Å²) in [5.41, 5.74) is 0.409. The number of allylic oxidation sites excluding steroid dienone is 1. The van der Waals surface area contributed by atoms with E-state index in [0.717, 1.165) is 24.8 Å². The lowest BCUT2D eigenvalue weighted by Gasteiger charge is -2.41.